The van der Waals surface area contributed by atoms with Gasteiger partial charge in [-0.3, -0.25) is 4.79 Å². The number of rotatable bonds is 7. The van der Waals surface area contributed by atoms with Crippen molar-refractivity contribution in [2.45, 2.75) is 45.3 Å². The molecule has 1 aliphatic rings. The molecule has 1 aliphatic carbocycles. The number of hydrogen-bond acceptors (Lipinski definition) is 3. The van der Waals surface area contributed by atoms with Crippen LogP contribution in [0.1, 0.15) is 32.3 Å². The summed E-state index contributed by atoms with van der Waals surface area (Å²) in [6, 6.07) is 8.31. The smallest absolute Gasteiger partial charge is 0.239 e. The first-order chi connectivity index (χ1) is 9.65. The minimum atomic E-state index is -0.127. The van der Waals surface area contributed by atoms with Crippen LogP contribution in [0.4, 0.5) is 0 Å². The maximum Gasteiger partial charge on any atom is 0.239 e. The lowest BCUT2D eigenvalue weighted by atomic mass is 10.2. The van der Waals surface area contributed by atoms with E-state index in [1.165, 1.54) is 0 Å². The fraction of sp³-hybridized carbons (Fsp3) is 0.562. The summed E-state index contributed by atoms with van der Waals surface area (Å²) in [5.41, 5.74) is 1.15. The van der Waals surface area contributed by atoms with Crippen LogP contribution in [0, 0.1) is 0 Å². The third-order valence-corrected chi connectivity index (χ3v) is 3.66. The van der Waals surface area contributed by atoms with Gasteiger partial charge in [-0.15, -0.1) is 12.4 Å². The molecule has 1 aromatic rings. The molecule has 118 valence electrons. The largest absolute Gasteiger partial charge is 0.494 e. The van der Waals surface area contributed by atoms with Gasteiger partial charge in [0.15, 0.2) is 0 Å². The lowest BCUT2D eigenvalue weighted by Crippen LogP contribution is -2.44. The number of amides is 1. The van der Waals surface area contributed by atoms with Gasteiger partial charge in [0.25, 0.3) is 0 Å². The molecular formula is C16H25ClN2O2. The molecule has 4 nitrogen and oxygen atoms in total. The summed E-state index contributed by atoms with van der Waals surface area (Å²) in [5.74, 6) is 1.06. The van der Waals surface area contributed by atoms with E-state index in [1.54, 1.807) is 0 Å². The summed E-state index contributed by atoms with van der Waals surface area (Å²) in [6.45, 7) is 5.24. The van der Waals surface area contributed by atoms with Crippen LogP contribution in [-0.4, -0.2) is 36.5 Å². The normalized spacial score (nSPS) is 15.0. The summed E-state index contributed by atoms with van der Waals surface area (Å²) in [5, 5.41) is 3.03. The van der Waals surface area contributed by atoms with Crippen LogP contribution >= 0.6 is 12.4 Å². The van der Waals surface area contributed by atoms with E-state index in [-0.39, 0.29) is 24.4 Å². The van der Waals surface area contributed by atoms with Gasteiger partial charge in [0.05, 0.1) is 12.6 Å². The topological polar surface area (TPSA) is 41.6 Å². The first kappa shape index (κ1) is 17.8. The van der Waals surface area contributed by atoms with E-state index in [9.17, 15) is 4.79 Å². The molecule has 0 aliphatic heterocycles. The molecule has 2 rings (SSSR count). The van der Waals surface area contributed by atoms with Gasteiger partial charge in [-0.05, 0) is 51.4 Å². The standard InChI is InChI=1S/C16H24N2O2.ClH/c1-4-20-15-9-5-13(6-10-15)11-18(14-7-8-14)16(19)12(2)17-3;/h5-6,9-10,12,14,17H,4,7-8,11H2,1-3H3;1H/t12-;/m0./s1. The Labute approximate surface area is 133 Å². The van der Waals surface area contributed by atoms with Crippen molar-refractivity contribution < 1.29 is 9.53 Å². The van der Waals surface area contributed by atoms with Crippen LogP contribution < -0.4 is 10.1 Å². The summed E-state index contributed by atoms with van der Waals surface area (Å²) < 4.78 is 5.44. The molecule has 0 unspecified atom stereocenters. The zero-order chi connectivity index (χ0) is 14.5. The number of halogens is 1. The first-order valence-electron chi connectivity index (χ1n) is 7.35. The SMILES string of the molecule is CCOc1ccc(CN(C(=O)[C@H](C)NC)C2CC2)cc1.Cl. The van der Waals surface area contributed by atoms with Crippen molar-refractivity contribution in [2.75, 3.05) is 13.7 Å². The third kappa shape index (κ3) is 4.90. The molecule has 1 atom stereocenters. The second-order valence-electron chi connectivity index (χ2n) is 5.28. The summed E-state index contributed by atoms with van der Waals surface area (Å²) in [7, 11) is 1.82. The third-order valence-electron chi connectivity index (χ3n) is 3.66. The predicted molar refractivity (Wildman–Crippen MR) is 87.0 cm³/mol. The molecule has 0 bridgehead atoms. The van der Waals surface area contributed by atoms with Crippen molar-refractivity contribution >= 4 is 18.3 Å². The van der Waals surface area contributed by atoms with Crippen molar-refractivity contribution in [2.24, 2.45) is 0 Å². The van der Waals surface area contributed by atoms with Crippen molar-refractivity contribution in [3.05, 3.63) is 29.8 Å². The highest BCUT2D eigenvalue weighted by molar-refractivity contribution is 5.85. The molecule has 1 fully saturated rings. The Bertz CT molecular complexity index is 446. The van der Waals surface area contributed by atoms with Gasteiger partial charge in [0.1, 0.15) is 5.75 Å². The van der Waals surface area contributed by atoms with Gasteiger partial charge >= 0.3 is 0 Å². The van der Waals surface area contributed by atoms with Crippen LogP contribution in [0.25, 0.3) is 0 Å². The Balaban J connectivity index is 0.00000220. The number of ether oxygens (including phenoxy) is 1. The quantitative estimate of drug-likeness (QED) is 0.841. The Morgan fingerprint density at radius 2 is 2.00 bits per heavy atom. The molecule has 0 saturated heterocycles. The fourth-order valence-electron chi connectivity index (χ4n) is 2.20. The molecule has 0 radical (unpaired) electrons. The minimum Gasteiger partial charge on any atom is -0.494 e. The molecule has 1 amide bonds. The highest BCUT2D eigenvalue weighted by Crippen LogP contribution is 2.29. The van der Waals surface area contributed by atoms with Gasteiger partial charge in [-0.25, -0.2) is 0 Å². The van der Waals surface area contributed by atoms with Crippen LogP contribution in [0.2, 0.25) is 0 Å². The van der Waals surface area contributed by atoms with Crippen LogP contribution in [0.3, 0.4) is 0 Å². The average molecular weight is 313 g/mol. The average Bonchev–Trinajstić information content (AvgIpc) is 3.30. The summed E-state index contributed by atoms with van der Waals surface area (Å²) in [6.07, 6.45) is 2.25. The van der Waals surface area contributed by atoms with E-state index in [0.717, 1.165) is 24.2 Å². The monoisotopic (exact) mass is 312 g/mol. The van der Waals surface area contributed by atoms with Crippen molar-refractivity contribution in [3.63, 3.8) is 0 Å². The van der Waals surface area contributed by atoms with Crippen molar-refractivity contribution in [1.82, 2.24) is 10.2 Å². The number of nitrogens with one attached hydrogen (secondary N) is 1. The van der Waals surface area contributed by atoms with Crippen molar-refractivity contribution in [3.8, 4) is 5.75 Å². The highest BCUT2D eigenvalue weighted by atomic mass is 35.5. The number of benzene rings is 1. The number of carbonyl (C=O) groups is 1. The van der Waals surface area contributed by atoms with Crippen LogP contribution in [0.15, 0.2) is 24.3 Å². The number of carbonyl (C=O) groups excluding carboxylic acids is 1. The van der Waals surface area contributed by atoms with Crippen LogP contribution in [0.5, 0.6) is 5.75 Å². The predicted octanol–water partition coefficient (Wildman–Crippen LogP) is 2.61. The maximum absolute atomic E-state index is 12.4. The van der Waals surface area contributed by atoms with Crippen LogP contribution in [-0.2, 0) is 11.3 Å². The van der Waals surface area contributed by atoms with E-state index in [4.69, 9.17) is 4.74 Å². The second-order valence-corrected chi connectivity index (χ2v) is 5.28. The van der Waals surface area contributed by atoms with Gasteiger partial charge < -0.3 is 15.0 Å². The van der Waals surface area contributed by atoms with Crippen molar-refractivity contribution in [1.29, 1.82) is 0 Å². The van der Waals surface area contributed by atoms with E-state index >= 15 is 0 Å². The van der Waals surface area contributed by atoms with E-state index in [2.05, 4.69) is 5.32 Å². The summed E-state index contributed by atoms with van der Waals surface area (Å²) >= 11 is 0. The first-order valence-corrected chi connectivity index (χ1v) is 7.35. The molecule has 21 heavy (non-hydrogen) atoms. The van der Waals surface area contributed by atoms with E-state index < -0.39 is 0 Å². The second kappa shape index (κ2) is 8.25. The molecule has 5 heteroatoms. The lowest BCUT2D eigenvalue weighted by molar-refractivity contribution is -0.134. The van der Waals surface area contributed by atoms with Gasteiger partial charge in [-0.1, -0.05) is 12.1 Å². The molecule has 1 aromatic carbocycles. The Kier molecular flexibility index (Phi) is 6.99. The molecule has 0 heterocycles. The highest BCUT2D eigenvalue weighted by Gasteiger charge is 2.34. The Morgan fingerprint density at radius 3 is 2.48 bits per heavy atom. The number of likely N-dealkylation sites (N-methyl/N-ethyl adjacent to an activating group) is 1. The molecule has 0 aromatic heterocycles. The number of hydrogen-bond donors (Lipinski definition) is 1. The number of nitrogens with zero attached hydrogens (tertiary/aromatic N) is 1. The summed E-state index contributed by atoms with van der Waals surface area (Å²) in [4.78, 5) is 14.4. The molecule has 0 spiro atoms. The fourth-order valence-corrected chi connectivity index (χ4v) is 2.20. The Morgan fingerprint density at radius 1 is 1.38 bits per heavy atom. The maximum atomic E-state index is 12.4. The van der Waals surface area contributed by atoms with Gasteiger partial charge in [-0.2, -0.15) is 0 Å². The molecule has 1 saturated carbocycles. The minimum absolute atomic E-state index is 0. The zero-order valence-corrected chi connectivity index (χ0v) is 13.8. The lowest BCUT2D eigenvalue weighted by Gasteiger charge is -2.25. The van der Waals surface area contributed by atoms with Gasteiger partial charge in [0, 0.05) is 12.6 Å². The van der Waals surface area contributed by atoms with E-state index in [0.29, 0.717) is 19.2 Å². The molecule has 1 N–H and O–H groups in total. The van der Waals surface area contributed by atoms with E-state index in [1.807, 2.05) is 50.1 Å². The van der Waals surface area contributed by atoms with Gasteiger partial charge in [0.2, 0.25) is 5.91 Å². The zero-order valence-electron chi connectivity index (χ0n) is 13.0. The molecular weight excluding hydrogens is 288 g/mol. The Hall–Kier alpha value is -1.26.